The average Bonchev–Trinajstić information content (AvgIpc) is 2.92. The molecule has 0 radical (unpaired) electrons. The van der Waals surface area contributed by atoms with Gasteiger partial charge >= 0.3 is 0 Å². The van der Waals surface area contributed by atoms with Crippen LogP contribution in [0.1, 0.15) is 48.2 Å². The van der Waals surface area contributed by atoms with Crippen LogP contribution < -0.4 is 5.32 Å². The van der Waals surface area contributed by atoms with Crippen LogP contribution in [0, 0.1) is 0 Å². The molecule has 0 saturated carbocycles. The minimum absolute atomic E-state index is 0.0157. The van der Waals surface area contributed by atoms with E-state index >= 15 is 0 Å². The number of hydrogen-bond donors (Lipinski definition) is 1. The van der Waals surface area contributed by atoms with Gasteiger partial charge in [-0.25, -0.2) is 4.98 Å². The van der Waals surface area contributed by atoms with Crippen molar-refractivity contribution in [2.75, 3.05) is 26.9 Å². The van der Waals surface area contributed by atoms with Crippen molar-refractivity contribution in [1.29, 1.82) is 0 Å². The lowest BCUT2D eigenvalue weighted by atomic mass is 9.87. The van der Waals surface area contributed by atoms with Crippen molar-refractivity contribution in [1.82, 2.24) is 10.3 Å². The summed E-state index contributed by atoms with van der Waals surface area (Å²) in [5.74, 6) is 0. The van der Waals surface area contributed by atoms with Gasteiger partial charge in [0, 0.05) is 25.1 Å². The Morgan fingerprint density at radius 2 is 2.29 bits per heavy atom. The molecule has 2 heterocycles. The molecule has 1 N–H and O–H groups in total. The van der Waals surface area contributed by atoms with E-state index in [1.807, 2.05) is 11.3 Å². The molecule has 1 saturated heterocycles. The first kappa shape index (κ1) is 15.4. The summed E-state index contributed by atoms with van der Waals surface area (Å²) in [6.07, 6.45) is 7.28. The number of aryl methyl sites for hydroxylation is 2. The van der Waals surface area contributed by atoms with Gasteiger partial charge < -0.3 is 14.8 Å². The molecule has 1 aliphatic carbocycles. The maximum Gasteiger partial charge on any atom is 0.113 e. The predicted molar refractivity (Wildman–Crippen MR) is 85.0 cm³/mol. The molecule has 1 aromatic heterocycles. The van der Waals surface area contributed by atoms with Gasteiger partial charge in [-0.2, -0.15) is 0 Å². The first-order valence-corrected chi connectivity index (χ1v) is 8.90. The smallest absolute Gasteiger partial charge is 0.113 e. The Morgan fingerprint density at radius 1 is 1.43 bits per heavy atom. The minimum Gasteiger partial charge on any atom is -0.383 e. The zero-order chi connectivity index (χ0) is 14.7. The molecule has 1 aromatic rings. The van der Waals surface area contributed by atoms with Crippen LogP contribution in [-0.2, 0) is 27.9 Å². The lowest BCUT2D eigenvalue weighted by Crippen LogP contribution is -2.49. The van der Waals surface area contributed by atoms with Crippen LogP contribution in [0.25, 0.3) is 0 Å². The minimum atomic E-state index is -0.0157. The average molecular weight is 310 g/mol. The lowest BCUT2D eigenvalue weighted by molar-refractivity contribution is -0.0222. The Morgan fingerprint density at radius 3 is 3.05 bits per heavy atom. The SMILES string of the molecule is COCCNC1(c2nc3c(s2)CCCC3)CCOC(C)C1. The second-order valence-corrected chi connectivity index (χ2v) is 7.32. The van der Waals surface area contributed by atoms with Crippen molar-refractivity contribution in [2.45, 2.75) is 57.1 Å². The van der Waals surface area contributed by atoms with Crippen molar-refractivity contribution in [2.24, 2.45) is 0 Å². The van der Waals surface area contributed by atoms with Gasteiger partial charge in [0.1, 0.15) is 5.01 Å². The fourth-order valence-corrected chi connectivity index (χ4v) is 4.82. The van der Waals surface area contributed by atoms with Crippen LogP contribution in [0.4, 0.5) is 0 Å². The van der Waals surface area contributed by atoms with Crippen molar-refractivity contribution in [3.05, 3.63) is 15.6 Å². The van der Waals surface area contributed by atoms with Crippen molar-refractivity contribution >= 4 is 11.3 Å². The summed E-state index contributed by atoms with van der Waals surface area (Å²) in [5.41, 5.74) is 1.34. The van der Waals surface area contributed by atoms with Crippen LogP contribution in [-0.4, -0.2) is 38.0 Å². The van der Waals surface area contributed by atoms with E-state index in [-0.39, 0.29) is 11.6 Å². The number of nitrogens with zero attached hydrogens (tertiary/aromatic N) is 1. The zero-order valence-electron chi connectivity index (χ0n) is 13.1. The molecule has 0 spiro atoms. The van der Waals surface area contributed by atoms with E-state index in [9.17, 15) is 0 Å². The highest BCUT2D eigenvalue weighted by Crippen LogP contribution is 2.39. The summed E-state index contributed by atoms with van der Waals surface area (Å²) in [5, 5.41) is 5.01. The molecule has 118 valence electrons. The van der Waals surface area contributed by atoms with Gasteiger partial charge in [-0.3, -0.25) is 0 Å². The molecule has 0 aromatic carbocycles. The molecule has 3 rings (SSSR count). The fourth-order valence-electron chi connectivity index (χ4n) is 3.47. The highest BCUT2D eigenvalue weighted by atomic mass is 32.1. The summed E-state index contributed by atoms with van der Waals surface area (Å²) in [6, 6.07) is 0. The molecule has 0 bridgehead atoms. The number of aromatic nitrogens is 1. The number of nitrogens with one attached hydrogen (secondary N) is 1. The van der Waals surface area contributed by atoms with Gasteiger partial charge in [0.05, 0.1) is 23.9 Å². The van der Waals surface area contributed by atoms with E-state index < -0.39 is 0 Å². The first-order chi connectivity index (χ1) is 10.2. The van der Waals surface area contributed by atoms with E-state index in [1.165, 1.54) is 34.8 Å². The van der Waals surface area contributed by atoms with Gasteiger partial charge in [-0.1, -0.05) is 0 Å². The molecule has 1 aliphatic heterocycles. The second-order valence-electron chi connectivity index (χ2n) is 6.23. The molecule has 2 aliphatic rings. The van der Waals surface area contributed by atoms with Crippen molar-refractivity contribution in [3.8, 4) is 0 Å². The highest BCUT2D eigenvalue weighted by Gasteiger charge is 2.40. The van der Waals surface area contributed by atoms with Gasteiger partial charge in [-0.05, 0) is 45.4 Å². The van der Waals surface area contributed by atoms with E-state index in [2.05, 4.69) is 12.2 Å². The molecular formula is C16H26N2O2S. The van der Waals surface area contributed by atoms with E-state index in [4.69, 9.17) is 14.5 Å². The Hall–Kier alpha value is -0.490. The summed E-state index contributed by atoms with van der Waals surface area (Å²) in [6.45, 7) is 4.58. The quantitative estimate of drug-likeness (QED) is 0.849. The fraction of sp³-hybridized carbons (Fsp3) is 0.812. The van der Waals surface area contributed by atoms with Gasteiger partial charge in [0.25, 0.3) is 0 Å². The molecule has 5 heteroatoms. The van der Waals surface area contributed by atoms with Gasteiger partial charge in [0.15, 0.2) is 0 Å². The Balaban J connectivity index is 1.85. The third-order valence-electron chi connectivity index (χ3n) is 4.59. The number of thiazole rings is 1. The summed E-state index contributed by atoms with van der Waals surface area (Å²) in [4.78, 5) is 6.54. The third kappa shape index (κ3) is 3.31. The summed E-state index contributed by atoms with van der Waals surface area (Å²) in [7, 11) is 1.75. The summed E-state index contributed by atoms with van der Waals surface area (Å²) < 4.78 is 11.0. The molecular weight excluding hydrogens is 284 g/mol. The monoisotopic (exact) mass is 310 g/mol. The van der Waals surface area contributed by atoms with Crippen LogP contribution in [0.3, 0.4) is 0 Å². The molecule has 2 atom stereocenters. The number of rotatable bonds is 5. The Kier molecular flexibility index (Phi) is 4.94. The van der Waals surface area contributed by atoms with Crippen LogP contribution in [0.15, 0.2) is 0 Å². The molecule has 0 amide bonds. The second kappa shape index (κ2) is 6.73. The topological polar surface area (TPSA) is 43.4 Å². The number of methoxy groups -OCH3 is 1. The van der Waals surface area contributed by atoms with Crippen LogP contribution >= 0.6 is 11.3 Å². The van der Waals surface area contributed by atoms with E-state index in [0.717, 1.165) is 39.0 Å². The van der Waals surface area contributed by atoms with E-state index in [1.54, 1.807) is 7.11 Å². The maximum atomic E-state index is 5.77. The van der Waals surface area contributed by atoms with Crippen molar-refractivity contribution in [3.63, 3.8) is 0 Å². The molecule has 4 nitrogen and oxygen atoms in total. The van der Waals surface area contributed by atoms with Gasteiger partial charge in [-0.15, -0.1) is 11.3 Å². The number of ether oxygens (including phenoxy) is 2. The number of hydrogen-bond acceptors (Lipinski definition) is 5. The molecule has 2 unspecified atom stereocenters. The normalized spacial score (nSPS) is 29.3. The zero-order valence-corrected chi connectivity index (χ0v) is 13.9. The van der Waals surface area contributed by atoms with Crippen LogP contribution in [0.2, 0.25) is 0 Å². The molecule has 21 heavy (non-hydrogen) atoms. The van der Waals surface area contributed by atoms with E-state index in [0.29, 0.717) is 0 Å². The predicted octanol–water partition coefficient (Wildman–Crippen LogP) is 2.65. The largest absolute Gasteiger partial charge is 0.383 e. The Bertz CT molecular complexity index is 453. The van der Waals surface area contributed by atoms with Crippen molar-refractivity contribution < 1.29 is 9.47 Å². The summed E-state index contributed by atoms with van der Waals surface area (Å²) >= 11 is 1.93. The first-order valence-electron chi connectivity index (χ1n) is 8.08. The van der Waals surface area contributed by atoms with Crippen LogP contribution in [0.5, 0.6) is 0 Å². The highest BCUT2D eigenvalue weighted by molar-refractivity contribution is 7.11. The molecule has 1 fully saturated rings. The lowest BCUT2D eigenvalue weighted by Gasteiger charge is -2.39. The Labute approximate surface area is 131 Å². The number of fused-ring (bicyclic) bond motifs is 1. The standard InChI is InChI=1S/C16H26N2O2S/c1-12-11-16(7-9-20-12,17-8-10-19-2)15-18-13-5-3-4-6-14(13)21-15/h12,17H,3-11H2,1-2H3. The van der Waals surface area contributed by atoms with Gasteiger partial charge in [0.2, 0.25) is 0 Å². The third-order valence-corrected chi connectivity index (χ3v) is 5.95. The maximum absolute atomic E-state index is 5.77.